The third-order valence-corrected chi connectivity index (χ3v) is 3.81. The van der Waals surface area contributed by atoms with E-state index in [0.29, 0.717) is 13.1 Å². The first-order chi connectivity index (χ1) is 10.7. The van der Waals surface area contributed by atoms with Crippen LogP contribution in [0, 0.1) is 0 Å². The van der Waals surface area contributed by atoms with Crippen molar-refractivity contribution < 1.29 is 4.79 Å². The SMILES string of the molecule is O=C(c1cc(=O)[nH]cn1)N1CCN(Cc2ccccc2)CC1. The standard InChI is InChI=1S/C16H18N4O2/c21-15-10-14(17-12-18-15)16(22)20-8-6-19(7-9-20)11-13-4-2-1-3-5-13/h1-5,10,12H,6-9,11H2,(H,17,18,21). The fraction of sp³-hybridized carbons (Fsp3) is 0.312. The highest BCUT2D eigenvalue weighted by atomic mass is 16.2. The number of hydrogen-bond donors (Lipinski definition) is 1. The highest BCUT2D eigenvalue weighted by Crippen LogP contribution is 2.10. The summed E-state index contributed by atoms with van der Waals surface area (Å²) in [6, 6.07) is 11.5. The van der Waals surface area contributed by atoms with Crippen LogP contribution in [-0.2, 0) is 6.54 Å². The van der Waals surface area contributed by atoms with Gasteiger partial charge in [-0.15, -0.1) is 0 Å². The molecule has 0 aliphatic carbocycles. The number of carbonyl (C=O) groups is 1. The quantitative estimate of drug-likeness (QED) is 0.907. The Labute approximate surface area is 128 Å². The van der Waals surface area contributed by atoms with Crippen LogP contribution in [0.25, 0.3) is 0 Å². The highest BCUT2D eigenvalue weighted by Gasteiger charge is 2.23. The molecule has 6 heteroatoms. The zero-order valence-electron chi connectivity index (χ0n) is 12.2. The smallest absolute Gasteiger partial charge is 0.272 e. The van der Waals surface area contributed by atoms with Crippen LogP contribution in [0.15, 0.2) is 47.5 Å². The first-order valence-corrected chi connectivity index (χ1v) is 7.33. The van der Waals surface area contributed by atoms with Crippen LogP contribution in [0.4, 0.5) is 0 Å². The summed E-state index contributed by atoms with van der Waals surface area (Å²) in [7, 11) is 0. The van der Waals surface area contributed by atoms with Gasteiger partial charge in [-0.1, -0.05) is 30.3 Å². The molecule has 2 heterocycles. The zero-order chi connectivity index (χ0) is 15.4. The Kier molecular flexibility index (Phi) is 4.29. The number of H-pyrrole nitrogens is 1. The average molecular weight is 298 g/mol. The van der Waals surface area contributed by atoms with Gasteiger partial charge in [-0.3, -0.25) is 14.5 Å². The Hall–Kier alpha value is -2.47. The fourth-order valence-corrected chi connectivity index (χ4v) is 2.60. The van der Waals surface area contributed by atoms with E-state index in [2.05, 4.69) is 27.0 Å². The number of benzene rings is 1. The molecule has 22 heavy (non-hydrogen) atoms. The lowest BCUT2D eigenvalue weighted by Gasteiger charge is -2.34. The van der Waals surface area contributed by atoms with Gasteiger partial charge in [0.15, 0.2) is 0 Å². The molecule has 0 unspecified atom stereocenters. The fourth-order valence-electron chi connectivity index (χ4n) is 2.60. The van der Waals surface area contributed by atoms with Gasteiger partial charge in [-0.25, -0.2) is 4.98 Å². The molecule has 2 aromatic rings. The third kappa shape index (κ3) is 3.40. The molecule has 0 saturated carbocycles. The molecule has 1 aliphatic heterocycles. The van der Waals surface area contributed by atoms with Crippen LogP contribution in [0.1, 0.15) is 16.1 Å². The number of hydrogen-bond acceptors (Lipinski definition) is 4. The van der Waals surface area contributed by atoms with E-state index < -0.39 is 0 Å². The van der Waals surface area contributed by atoms with Crippen molar-refractivity contribution >= 4 is 5.91 Å². The maximum atomic E-state index is 12.3. The van der Waals surface area contributed by atoms with Gasteiger partial charge in [0.05, 0.1) is 6.33 Å². The summed E-state index contributed by atoms with van der Waals surface area (Å²) in [5, 5.41) is 0. The Balaban J connectivity index is 1.57. The largest absolute Gasteiger partial charge is 0.335 e. The minimum absolute atomic E-state index is 0.175. The lowest BCUT2D eigenvalue weighted by atomic mass is 10.2. The Morgan fingerprint density at radius 1 is 1.14 bits per heavy atom. The topological polar surface area (TPSA) is 69.3 Å². The van der Waals surface area contributed by atoms with E-state index in [1.807, 2.05) is 18.2 Å². The maximum Gasteiger partial charge on any atom is 0.272 e. The second kappa shape index (κ2) is 6.53. The predicted octanol–water partition coefficient (Wildman–Crippen LogP) is 0.728. The van der Waals surface area contributed by atoms with E-state index in [9.17, 15) is 9.59 Å². The molecular weight excluding hydrogens is 280 g/mol. The number of rotatable bonds is 3. The molecule has 6 nitrogen and oxygen atoms in total. The van der Waals surface area contributed by atoms with Crippen LogP contribution >= 0.6 is 0 Å². The zero-order valence-corrected chi connectivity index (χ0v) is 12.2. The highest BCUT2D eigenvalue weighted by molar-refractivity contribution is 5.92. The molecule has 1 amide bonds. The van der Waals surface area contributed by atoms with Crippen molar-refractivity contribution in [2.45, 2.75) is 6.54 Å². The molecule has 0 bridgehead atoms. The minimum Gasteiger partial charge on any atom is -0.335 e. The molecule has 1 aromatic heterocycles. The van der Waals surface area contributed by atoms with Crippen LogP contribution < -0.4 is 5.56 Å². The monoisotopic (exact) mass is 298 g/mol. The molecule has 1 saturated heterocycles. The van der Waals surface area contributed by atoms with Crippen molar-refractivity contribution in [1.29, 1.82) is 0 Å². The number of aromatic nitrogens is 2. The number of nitrogens with one attached hydrogen (secondary N) is 1. The lowest BCUT2D eigenvalue weighted by Crippen LogP contribution is -2.48. The summed E-state index contributed by atoms with van der Waals surface area (Å²) in [6.07, 6.45) is 1.27. The van der Waals surface area contributed by atoms with Crippen molar-refractivity contribution in [3.05, 3.63) is 64.3 Å². The Morgan fingerprint density at radius 2 is 1.86 bits per heavy atom. The van der Waals surface area contributed by atoms with Crippen molar-refractivity contribution in [2.75, 3.05) is 26.2 Å². The molecule has 0 radical (unpaired) electrons. The number of amides is 1. The van der Waals surface area contributed by atoms with Crippen molar-refractivity contribution in [1.82, 2.24) is 19.8 Å². The van der Waals surface area contributed by atoms with Gasteiger partial charge in [0.1, 0.15) is 5.69 Å². The molecule has 3 rings (SSSR count). The van der Waals surface area contributed by atoms with Crippen molar-refractivity contribution in [2.24, 2.45) is 0 Å². The van der Waals surface area contributed by atoms with Gasteiger partial charge in [-0.05, 0) is 5.56 Å². The van der Waals surface area contributed by atoms with Crippen LogP contribution in [-0.4, -0.2) is 51.9 Å². The number of piperazine rings is 1. The summed E-state index contributed by atoms with van der Waals surface area (Å²) in [5.74, 6) is -0.175. The van der Waals surface area contributed by atoms with Gasteiger partial charge in [0, 0.05) is 38.8 Å². The van der Waals surface area contributed by atoms with Crippen LogP contribution in [0.2, 0.25) is 0 Å². The van der Waals surface area contributed by atoms with E-state index in [0.717, 1.165) is 19.6 Å². The number of aromatic amines is 1. The predicted molar refractivity (Wildman–Crippen MR) is 82.5 cm³/mol. The lowest BCUT2D eigenvalue weighted by molar-refractivity contribution is 0.0622. The number of nitrogens with zero attached hydrogens (tertiary/aromatic N) is 3. The summed E-state index contributed by atoms with van der Waals surface area (Å²) in [4.78, 5) is 34.0. The first-order valence-electron chi connectivity index (χ1n) is 7.33. The Bertz CT molecular complexity index is 691. The normalized spacial score (nSPS) is 15.7. The summed E-state index contributed by atoms with van der Waals surface area (Å²) in [5.41, 5.74) is 1.18. The molecule has 1 fully saturated rings. The maximum absolute atomic E-state index is 12.3. The molecule has 1 aliphatic rings. The van der Waals surface area contributed by atoms with Crippen molar-refractivity contribution in [3.63, 3.8) is 0 Å². The average Bonchev–Trinajstić information content (AvgIpc) is 2.56. The molecular formula is C16H18N4O2. The molecule has 0 spiro atoms. The second-order valence-corrected chi connectivity index (χ2v) is 5.35. The van der Waals surface area contributed by atoms with Gasteiger partial charge in [0.25, 0.3) is 11.5 Å². The van der Waals surface area contributed by atoms with Crippen LogP contribution in [0.3, 0.4) is 0 Å². The molecule has 1 N–H and O–H groups in total. The summed E-state index contributed by atoms with van der Waals surface area (Å²) < 4.78 is 0. The van der Waals surface area contributed by atoms with Crippen LogP contribution in [0.5, 0.6) is 0 Å². The minimum atomic E-state index is -0.305. The molecule has 1 aromatic carbocycles. The molecule has 114 valence electrons. The van der Waals surface area contributed by atoms with E-state index in [4.69, 9.17) is 0 Å². The van der Waals surface area contributed by atoms with Gasteiger partial charge >= 0.3 is 0 Å². The Morgan fingerprint density at radius 3 is 2.55 bits per heavy atom. The van der Waals surface area contributed by atoms with E-state index >= 15 is 0 Å². The van der Waals surface area contributed by atoms with E-state index in [-0.39, 0.29) is 17.2 Å². The number of carbonyl (C=O) groups excluding carboxylic acids is 1. The summed E-state index contributed by atoms with van der Waals surface area (Å²) >= 11 is 0. The summed E-state index contributed by atoms with van der Waals surface area (Å²) in [6.45, 7) is 3.85. The van der Waals surface area contributed by atoms with Gasteiger partial charge < -0.3 is 9.88 Å². The molecule has 0 atom stereocenters. The third-order valence-electron chi connectivity index (χ3n) is 3.81. The van der Waals surface area contributed by atoms with E-state index in [1.54, 1.807) is 4.90 Å². The van der Waals surface area contributed by atoms with Gasteiger partial charge in [-0.2, -0.15) is 0 Å². The van der Waals surface area contributed by atoms with E-state index in [1.165, 1.54) is 18.0 Å². The second-order valence-electron chi connectivity index (χ2n) is 5.35. The first kappa shape index (κ1) is 14.5. The van der Waals surface area contributed by atoms with Crippen molar-refractivity contribution in [3.8, 4) is 0 Å². The van der Waals surface area contributed by atoms with Gasteiger partial charge in [0.2, 0.25) is 0 Å².